The van der Waals surface area contributed by atoms with Crippen LogP contribution in [0.1, 0.15) is 11.1 Å². The molecule has 0 saturated heterocycles. The van der Waals surface area contributed by atoms with Crippen molar-refractivity contribution in [1.82, 2.24) is 4.90 Å². The molecule has 0 aromatic heterocycles. The van der Waals surface area contributed by atoms with Crippen LogP contribution >= 0.6 is 11.6 Å². The molecular formula is C23H20ClNO3. The predicted molar refractivity (Wildman–Crippen MR) is 109 cm³/mol. The first-order valence-corrected chi connectivity index (χ1v) is 9.48. The number of para-hydroxylation sites is 1. The molecule has 0 saturated carbocycles. The van der Waals surface area contributed by atoms with Gasteiger partial charge in [0.1, 0.15) is 5.75 Å². The van der Waals surface area contributed by atoms with Crippen LogP contribution in [0.25, 0.3) is 11.1 Å². The maximum Gasteiger partial charge on any atom is 0.412 e. The van der Waals surface area contributed by atoms with Gasteiger partial charge in [0.2, 0.25) is 6.29 Å². The molecule has 1 atom stereocenters. The topological polar surface area (TPSA) is 38.8 Å². The highest BCUT2D eigenvalue weighted by molar-refractivity contribution is 6.30. The minimum atomic E-state index is -0.638. The number of carbonyl (C=O) groups is 1. The zero-order chi connectivity index (χ0) is 19.5. The van der Waals surface area contributed by atoms with Crippen molar-refractivity contribution >= 4 is 17.7 Å². The van der Waals surface area contributed by atoms with E-state index in [1.165, 1.54) is 0 Å². The Balaban J connectivity index is 1.45. The molecule has 4 nitrogen and oxygen atoms in total. The maximum absolute atomic E-state index is 12.5. The predicted octanol–water partition coefficient (Wildman–Crippen LogP) is 5.54. The molecule has 4 rings (SSSR count). The fourth-order valence-corrected chi connectivity index (χ4v) is 3.50. The van der Waals surface area contributed by atoms with Crippen LogP contribution in [0, 0.1) is 0 Å². The Morgan fingerprint density at radius 1 is 1.11 bits per heavy atom. The Bertz CT molecular complexity index is 990. The first kappa shape index (κ1) is 18.4. The number of nitrogens with zero attached hydrogens (tertiary/aromatic N) is 1. The standard InChI is InChI=1S/C23H20ClNO3/c1-25(15-16-7-3-2-4-8-16)23(26)28-21-14-18-10-6-12-20(22(18)27-21)17-9-5-11-19(24)13-17/h2-13,21H,14-15H2,1H3. The lowest BCUT2D eigenvalue weighted by Crippen LogP contribution is -2.32. The molecule has 1 aliphatic heterocycles. The Morgan fingerprint density at radius 2 is 1.89 bits per heavy atom. The Labute approximate surface area is 169 Å². The zero-order valence-electron chi connectivity index (χ0n) is 15.5. The van der Waals surface area contributed by atoms with Crippen molar-refractivity contribution in [3.05, 3.63) is 88.9 Å². The normalized spacial score (nSPS) is 14.9. The molecule has 1 unspecified atom stereocenters. The van der Waals surface area contributed by atoms with E-state index < -0.39 is 12.4 Å². The highest BCUT2D eigenvalue weighted by atomic mass is 35.5. The fourth-order valence-electron chi connectivity index (χ4n) is 3.31. The van der Waals surface area contributed by atoms with Gasteiger partial charge in [0, 0.05) is 29.7 Å². The molecule has 1 amide bonds. The number of ether oxygens (including phenoxy) is 2. The SMILES string of the molecule is CN(Cc1ccccc1)C(=O)OC1Cc2cccc(-c3cccc(Cl)c3)c2O1. The highest BCUT2D eigenvalue weighted by Crippen LogP contribution is 2.39. The second kappa shape index (κ2) is 7.95. The molecule has 1 aliphatic rings. The number of halogens is 1. The van der Waals surface area contributed by atoms with Crippen LogP contribution in [0.2, 0.25) is 5.02 Å². The zero-order valence-corrected chi connectivity index (χ0v) is 16.2. The van der Waals surface area contributed by atoms with Crippen molar-refractivity contribution in [2.24, 2.45) is 0 Å². The summed E-state index contributed by atoms with van der Waals surface area (Å²) in [6.07, 6.45) is -0.527. The lowest BCUT2D eigenvalue weighted by molar-refractivity contribution is -0.0301. The molecule has 1 heterocycles. The van der Waals surface area contributed by atoms with Crippen molar-refractivity contribution in [3.63, 3.8) is 0 Å². The van der Waals surface area contributed by atoms with Crippen LogP contribution < -0.4 is 4.74 Å². The van der Waals surface area contributed by atoms with Crippen molar-refractivity contribution in [2.45, 2.75) is 19.3 Å². The van der Waals surface area contributed by atoms with E-state index in [4.69, 9.17) is 21.1 Å². The van der Waals surface area contributed by atoms with E-state index in [-0.39, 0.29) is 0 Å². The summed E-state index contributed by atoms with van der Waals surface area (Å²) in [5.41, 5.74) is 3.97. The maximum atomic E-state index is 12.5. The number of benzene rings is 3. The molecule has 0 spiro atoms. The fraction of sp³-hybridized carbons (Fsp3) is 0.174. The average molecular weight is 394 g/mol. The van der Waals surface area contributed by atoms with Gasteiger partial charge in [-0.1, -0.05) is 72.3 Å². The van der Waals surface area contributed by atoms with Gasteiger partial charge in [-0.05, 0) is 23.3 Å². The lowest BCUT2D eigenvalue weighted by atomic mass is 10.0. The summed E-state index contributed by atoms with van der Waals surface area (Å²) in [4.78, 5) is 14.0. The molecule has 0 aliphatic carbocycles. The van der Waals surface area contributed by atoms with E-state index in [0.717, 1.165) is 28.0 Å². The molecule has 142 valence electrons. The smallest absolute Gasteiger partial charge is 0.412 e. The quantitative estimate of drug-likeness (QED) is 0.584. The largest absolute Gasteiger partial charge is 0.453 e. The van der Waals surface area contributed by atoms with Crippen molar-refractivity contribution in [1.29, 1.82) is 0 Å². The van der Waals surface area contributed by atoms with Gasteiger partial charge < -0.3 is 14.4 Å². The molecule has 5 heteroatoms. The number of amides is 1. The third kappa shape index (κ3) is 3.97. The second-order valence-corrected chi connectivity index (χ2v) is 7.22. The first-order chi connectivity index (χ1) is 13.6. The van der Waals surface area contributed by atoms with Gasteiger partial charge in [0.15, 0.2) is 0 Å². The molecule has 0 radical (unpaired) electrons. The lowest BCUT2D eigenvalue weighted by Gasteiger charge is -2.20. The summed E-state index contributed by atoms with van der Waals surface area (Å²) in [5.74, 6) is 0.744. The van der Waals surface area contributed by atoms with Gasteiger partial charge >= 0.3 is 6.09 Å². The van der Waals surface area contributed by atoms with E-state index in [0.29, 0.717) is 18.0 Å². The molecule has 3 aromatic rings. The molecule has 3 aromatic carbocycles. The van der Waals surface area contributed by atoms with Gasteiger partial charge in [-0.2, -0.15) is 0 Å². The molecule has 0 fully saturated rings. The minimum Gasteiger partial charge on any atom is -0.453 e. The van der Waals surface area contributed by atoms with Crippen LogP contribution in [-0.4, -0.2) is 24.3 Å². The van der Waals surface area contributed by atoms with E-state index in [1.807, 2.05) is 72.8 Å². The van der Waals surface area contributed by atoms with Gasteiger partial charge in [0.05, 0.1) is 6.42 Å². The van der Waals surface area contributed by atoms with Crippen molar-refractivity contribution < 1.29 is 14.3 Å². The van der Waals surface area contributed by atoms with E-state index in [1.54, 1.807) is 11.9 Å². The highest BCUT2D eigenvalue weighted by Gasteiger charge is 2.29. The van der Waals surface area contributed by atoms with E-state index in [2.05, 4.69) is 0 Å². The first-order valence-electron chi connectivity index (χ1n) is 9.10. The van der Waals surface area contributed by atoms with Crippen molar-refractivity contribution in [2.75, 3.05) is 7.05 Å². The number of hydrogen-bond acceptors (Lipinski definition) is 3. The Morgan fingerprint density at radius 3 is 2.68 bits per heavy atom. The molecule has 0 bridgehead atoms. The summed E-state index contributed by atoms with van der Waals surface area (Å²) < 4.78 is 11.6. The third-order valence-electron chi connectivity index (χ3n) is 4.67. The van der Waals surface area contributed by atoms with E-state index >= 15 is 0 Å². The van der Waals surface area contributed by atoms with Crippen LogP contribution in [0.5, 0.6) is 5.75 Å². The Hall–Kier alpha value is -2.98. The molecule has 28 heavy (non-hydrogen) atoms. The summed E-state index contributed by atoms with van der Waals surface area (Å²) in [5, 5.41) is 0.665. The van der Waals surface area contributed by atoms with E-state index in [9.17, 15) is 4.79 Å². The summed E-state index contributed by atoms with van der Waals surface area (Å²) in [7, 11) is 1.72. The molecular weight excluding hydrogens is 374 g/mol. The second-order valence-electron chi connectivity index (χ2n) is 6.78. The molecule has 0 N–H and O–H groups in total. The number of carbonyl (C=O) groups excluding carboxylic acids is 1. The average Bonchev–Trinajstić information content (AvgIpc) is 3.11. The Kier molecular flexibility index (Phi) is 5.22. The summed E-state index contributed by atoms with van der Waals surface area (Å²) >= 11 is 6.13. The summed E-state index contributed by atoms with van der Waals surface area (Å²) in [6, 6.07) is 23.4. The number of fused-ring (bicyclic) bond motifs is 1. The van der Waals surface area contributed by atoms with Crippen LogP contribution in [-0.2, 0) is 17.7 Å². The van der Waals surface area contributed by atoms with Gasteiger partial charge in [0.25, 0.3) is 0 Å². The minimum absolute atomic E-state index is 0.411. The number of rotatable bonds is 4. The third-order valence-corrected chi connectivity index (χ3v) is 4.91. The van der Waals surface area contributed by atoms with Gasteiger partial charge in [-0.25, -0.2) is 4.79 Å². The van der Waals surface area contributed by atoms with Gasteiger partial charge in [-0.3, -0.25) is 0 Å². The summed E-state index contributed by atoms with van der Waals surface area (Å²) in [6.45, 7) is 0.479. The van der Waals surface area contributed by atoms with Crippen LogP contribution in [0.4, 0.5) is 4.79 Å². The van der Waals surface area contributed by atoms with Gasteiger partial charge in [-0.15, -0.1) is 0 Å². The van der Waals surface area contributed by atoms with Crippen molar-refractivity contribution in [3.8, 4) is 16.9 Å². The van der Waals surface area contributed by atoms with Crippen LogP contribution in [0.3, 0.4) is 0 Å². The number of hydrogen-bond donors (Lipinski definition) is 0. The van der Waals surface area contributed by atoms with Crippen LogP contribution in [0.15, 0.2) is 72.8 Å². The monoisotopic (exact) mass is 393 g/mol.